The minimum Gasteiger partial charge on any atom is -0.480 e. The van der Waals surface area contributed by atoms with Gasteiger partial charge >= 0.3 is 0 Å². The summed E-state index contributed by atoms with van der Waals surface area (Å²) in [5, 5.41) is 2.84. The first-order valence-electron chi connectivity index (χ1n) is 9.45. The van der Waals surface area contributed by atoms with Crippen LogP contribution in [0.1, 0.15) is 22.8 Å². The molecule has 0 unspecified atom stereocenters. The zero-order valence-electron chi connectivity index (χ0n) is 16.5. The molecule has 3 aromatic carbocycles. The number of rotatable bonds is 7. The van der Waals surface area contributed by atoms with E-state index in [9.17, 15) is 9.59 Å². The highest BCUT2D eigenvalue weighted by atomic mass is 16.5. The largest absolute Gasteiger partial charge is 0.480 e. The van der Waals surface area contributed by atoms with Gasteiger partial charge in [0.1, 0.15) is 5.75 Å². The molecule has 0 spiro atoms. The minimum atomic E-state index is -0.727. The van der Waals surface area contributed by atoms with Crippen molar-refractivity contribution in [2.45, 2.75) is 19.6 Å². The van der Waals surface area contributed by atoms with Crippen molar-refractivity contribution in [1.29, 1.82) is 0 Å². The highest BCUT2D eigenvalue weighted by Crippen LogP contribution is 2.21. The molecule has 1 N–H and O–H groups in total. The van der Waals surface area contributed by atoms with Crippen molar-refractivity contribution in [2.75, 3.05) is 12.4 Å². The van der Waals surface area contributed by atoms with Gasteiger partial charge in [0, 0.05) is 19.3 Å². The molecule has 3 aromatic rings. The summed E-state index contributed by atoms with van der Waals surface area (Å²) in [5.74, 6) is -0.0777. The number of anilines is 1. The molecule has 0 bridgehead atoms. The number of nitrogens with zero attached hydrogens (tertiary/aromatic N) is 1. The SMILES string of the molecule is C[C@H](Oc1ccccc1C(=O)Nc1ccccc1)C(=O)N(C)Cc1ccccc1. The summed E-state index contributed by atoms with van der Waals surface area (Å²) in [5.41, 5.74) is 2.11. The van der Waals surface area contributed by atoms with Gasteiger partial charge in [-0.15, -0.1) is 0 Å². The average Bonchev–Trinajstić information content (AvgIpc) is 2.75. The molecule has 0 radical (unpaired) electrons. The summed E-state index contributed by atoms with van der Waals surface area (Å²) in [4.78, 5) is 27.0. The molecule has 0 saturated heterocycles. The van der Waals surface area contributed by atoms with E-state index in [1.54, 1.807) is 43.1 Å². The second-order valence-electron chi connectivity index (χ2n) is 6.76. The summed E-state index contributed by atoms with van der Waals surface area (Å²) in [6.45, 7) is 2.18. The van der Waals surface area contributed by atoms with Crippen molar-refractivity contribution in [1.82, 2.24) is 4.90 Å². The van der Waals surface area contributed by atoms with Crippen molar-refractivity contribution in [3.63, 3.8) is 0 Å². The Balaban J connectivity index is 1.68. The van der Waals surface area contributed by atoms with Gasteiger partial charge in [0.15, 0.2) is 6.10 Å². The number of hydrogen-bond acceptors (Lipinski definition) is 3. The third-order valence-corrected chi connectivity index (χ3v) is 4.45. The molecule has 0 aliphatic heterocycles. The van der Waals surface area contributed by atoms with Crippen LogP contribution in [0.15, 0.2) is 84.9 Å². The lowest BCUT2D eigenvalue weighted by atomic mass is 10.1. The van der Waals surface area contributed by atoms with E-state index in [0.29, 0.717) is 23.5 Å². The lowest BCUT2D eigenvalue weighted by Crippen LogP contribution is -2.37. The number of nitrogens with one attached hydrogen (secondary N) is 1. The van der Waals surface area contributed by atoms with E-state index in [2.05, 4.69) is 5.32 Å². The van der Waals surface area contributed by atoms with Gasteiger partial charge in [0.25, 0.3) is 11.8 Å². The number of likely N-dealkylation sites (N-methyl/N-ethyl adjacent to an activating group) is 1. The number of benzene rings is 3. The van der Waals surface area contributed by atoms with Crippen LogP contribution in [0.5, 0.6) is 5.75 Å². The number of amides is 2. The first-order chi connectivity index (χ1) is 14.0. The molecule has 5 nitrogen and oxygen atoms in total. The number of ether oxygens (including phenoxy) is 1. The number of para-hydroxylation sites is 2. The molecule has 0 saturated carbocycles. The van der Waals surface area contributed by atoms with Gasteiger partial charge in [-0.3, -0.25) is 9.59 Å². The lowest BCUT2D eigenvalue weighted by molar-refractivity contribution is -0.137. The fourth-order valence-electron chi connectivity index (χ4n) is 2.96. The Morgan fingerprint density at radius 3 is 2.17 bits per heavy atom. The Morgan fingerprint density at radius 1 is 0.897 bits per heavy atom. The topological polar surface area (TPSA) is 58.6 Å². The second-order valence-corrected chi connectivity index (χ2v) is 6.76. The van der Waals surface area contributed by atoms with Gasteiger partial charge < -0.3 is 15.0 Å². The van der Waals surface area contributed by atoms with Crippen molar-refractivity contribution >= 4 is 17.5 Å². The fourth-order valence-corrected chi connectivity index (χ4v) is 2.96. The Morgan fingerprint density at radius 2 is 1.48 bits per heavy atom. The molecule has 0 heterocycles. The van der Waals surface area contributed by atoms with Crippen molar-refractivity contribution in [3.8, 4) is 5.75 Å². The first kappa shape index (κ1) is 20.1. The van der Waals surface area contributed by atoms with Crippen LogP contribution >= 0.6 is 0 Å². The molecule has 0 fully saturated rings. The van der Waals surface area contributed by atoms with Crippen molar-refractivity contribution in [2.24, 2.45) is 0 Å². The van der Waals surface area contributed by atoms with Crippen LogP contribution in [0.2, 0.25) is 0 Å². The zero-order valence-corrected chi connectivity index (χ0v) is 16.5. The molecule has 1 atom stereocenters. The van der Waals surface area contributed by atoms with Gasteiger partial charge in [0.2, 0.25) is 0 Å². The normalized spacial score (nSPS) is 11.4. The molecule has 148 valence electrons. The van der Waals surface area contributed by atoms with Crippen molar-refractivity contribution in [3.05, 3.63) is 96.1 Å². The van der Waals surface area contributed by atoms with Crippen molar-refractivity contribution < 1.29 is 14.3 Å². The van der Waals surface area contributed by atoms with E-state index < -0.39 is 6.10 Å². The van der Waals surface area contributed by atoms with E-state index in [-0.39, 0.29) is 11.8 Å². The van der Waals surface area contributed by atoms with Gasteiger partial charge in [0.05, 0.1) is 5.56 Å². The maximum Gasteiger partial charge on any atom is 0.263 e. The third-order valence-electron chi connectivity index (χ3n) is 4.45. The van der Waals surface area contributed by atoms with Crippen LogP contribution in [0, 0.1) is 0 Å². The van der Waals surface area contributed by atoms with Crippen LogP contribution in [0.25, 0.3) is 0 Å². The van der Waals surface area contributed by atoms with E-state index in [4.69, 9.17) is 4.74 Å². The van der Waals surface area contributed by atoms with Crippen LogP contribution in [0.4, 0.5) is 5.69 Å². The molecule has 0 aliphatic carbocycles. The summed E-state index contributed by atoms with van der Waals surface area (Å²) < 4.78 is 5.87. The van der Waals surface area contributed by atoms with Crippen LogP contribution < -0.4 is 10.1 Å². The molecular formula is C24H24N2O3. The Kier molecular flexibility index (Phi) is 6.63. The number of carbonyl (C=O) groups is 2. The summed E-state index contributed by atoms with van der Waals surface area (Å²) >= 11 is 0. The quantitative estimate of drug-likeness (QED) is 0.654. The Bertz CT molecular complexity index is 958. The van der Waals surface area contributed by atoms with E-state index in [1.807, 2.05) is 60.7 Å². The van der Waals surface area contributed by atoms with E-state index in [0.717, 1.165) is 5.56 Å². The maximum absolute atomic E-state index is 12.7. The predicted octanol–water partition coefficient (Wildman–Crippen LogP) is 4.36. The smallest absolute Gasteiger partial charge is 0.263 e. The highest BCUT2D eigenvalue weighted by Gasteiger charge is 2.22. The number of hydrogen-bond donors (Lipinski definition) is 1. The molecule has 3 rings (SSSR count). The molecular weight excluding hydrogens is 364 g/mol. The first-order valence-corrected chi connectivity index (χ1v) is 9.45. The molecule has 29 heavy (non-hydrogen) atoms. The summed E-state index contributed by atoms with van der Waals surface area (Å²) in [6.07, 6.45) is -0.727. The van der Waals surface area contributed by atoms with Gasteiger partial charge in [-0.2, -0.15) is 0 Å². The second kappa shape index (κ2) is 9.55. The third kappa shape index (κ3) is 5.45. The molecule has 2 amide bonds. The average molecular weight is 388 g/mol. The Labute approximate surface area is 170 Å². The number of carbonyl (C=O) groups excluding carboxylic acids is 2. The van der Waals surface area contributed by atoms with E-state index >= 15 is 0 Å². The van der Waals surface area contributed by atoms with Crippen LogP contribution in [-0.4, -0.2) is 29.9 Å². The minimum absolute atomic E-state index is 0.160. The Hall–Kier alpha value is -3.60. The standard InChI is InChI=1S/C24H24N2O3/c1-18(24(28)26(2)17-19-11-5-3-6-12-19)29-22-16-10-9-15-21(22)23(27)25-20-13-7-4-8-14-20/h3-16,18H,17H2,1-2H3,(H,25,27)/t18-/m0/s1. The zero-order chi connectivity index (χ0) is 20.6. The molecule has 0 aromatic heterocycles. The molecule has 0 aliphatic rings. The van der Waals surface area contributed by atoms with Crippen LogP contribution in [0.3, 0.4) is 0 Å². The van der Waals surface area contributed by atoms with Gasteiger partial charge in [-0.1, -0.05) is 60.7 Å². The summed E-state index contributed by atoms with van der Waals surface area (Å²) in [7, 11) is 1.74. The maximum atomic E-state index is 12.7. The monoisotopic (exact) mass is 388 g/mol. The lowest BCUT2D eigenvalue weighted by Gasteiger charge is -2.23. The molecule has 5 heteroatoms. The highest BCUT2D eigenvalue weighted by molar-refractivity contribution is 6.06. The fraction of sp³-hybridized carbons (Fsp3) is 0.167. The summed E-state index contributed by atoms with van der Waals surface area (Å²) in [6, 6.07) is 25.9. The van der Waals surface area contributed by atoms with E-state index in [1.165, 1.54) is 0 Å². The van der Waals surface area contributed by atoms with Gasteiger partial charge in [-0.05, 0) is 36.8 Å². The van der Waals surface area contributed by atoms with Gasteiger partial charge in [-0.25, -0.2) is 0 Å². The predicted molar refractivity (Wildman–Crippen MR) is 114 cm³/mol. The van der Waals surface area contributed by atoms with Crippen LogP contribution in [-0.2, 0) is 11.3 Å².